The number of nitrogens with zero attached hydrogens (tertiary/aromatic N) is 5. The molecule has 1 aliphatic heterocycles. The van der Waals surface area contributed by atoms with Crippen molar-refractivity contribution < 1.29 is 14.8 Å². The molecular formula is C22H26N6O4. The second-order valence-corrected chi connectivity index (χ2v) is 9.40. The van der Waals surface area contributed by atoms with Crippen LogP contribution in [-0.2, 0) is 0 Å². The monoisotopic (exact) mass is 438 g/mol. The Hall–Kier alpha value is -3.53. The first-order valence-electron chi connectivity index (χ1n) is 10.3. The first kappa shape index (κ1) is 21.7. The molecule has 4 rings (SSSR count). The number of nitro groups is 1. The fourth-order valence-corrected chi connectivity index (χ4v) is 4.44. The number of hydrogen-bond donors (Lipinski definition) is 2. The van der Waals surface area contributed by atoms with Crippen LogP contribution in [0.25, 0.3) is 16.9 Å². The van der Waals surface area contributed by atoms with E-state index in [0.29, 0.717) is 22.8 Å². The third-order valence-electron chi connectivity index (χ3n) is 5.38. The van der Waals surface area contributed by atoms with E-state index in [0.717, 1.165) is 19.0 Å². The molecule has 10 nitrogen and oxygen atoms in total. The van der Waals surface area contributed by atoms with E-state index >= 15 is 0 Å². The number of piperidine rings is 1. The van der Waals surface area contributed by atoms with Crippen LogP contribution < -0.4 is 10.1 Å². The van der Waals surface area contributed by atoms with Crippen LogP contribution in [0.3, 0.4) is 0 Å². The molecule has 0 spiro atoms. The Morgan fingerprint density at radius 3 is 2.44 bits per heavy atom. The summed E-state index contributed by atoms with van der Waals surface area (Å²) >= 11 is 0. The van der Waals surface area contributed by atoms with Gasteiger partial charge in [-0.15, -0.1) is 10.2 Å². The summed E-state index contributed by atoms with van der Waals surface area (Å²) in [5.74, 6) is 0.401. The smallest absolute Gasteiger partial charge is 0.307 e. The maximum Gasteiger partial charge on any atom is 0.307 e. The van der Waals surface area contributed by atoms with E-state index in [1.165, 1.54) is 16.9 Å². The summed E-state index contributed by atoms with van der Waals surface area (Å²) in [6.07, 6.45) is 4.16. The zero-order valence-electron chi connectivity index (χ0n) is 18.4. The van der Waals surface area contributed by atoms with E-state index in [-0.39, 0.29) is 28.6 Å². The van der Waals surface area contributed by atoms with Crippen LogP contribution in [0.4, 0.5) is 5.69 Å². The van der Waals surface area contributed by atoms with Crippen molar-refractivity contribution in [3.05, 3.63) is 52.8 Å². The number of benzene rings is 1. The maximum atomic E-state index is 10.8. The van der Waals surface area contributed by atoms with Gasteiger partial charge in [0.05, 0.1) is 16.3 Å². The van der Waals surface area contributed by atoms with E-state index in [2.05, 4.69) is 48.3 Å². The van der Waals surface area contributed by atoms with Gasteiger partial charge >= 0.3 is 5.69 Å². The molecular weight excluding hydrogens is 412 g/mol. The van der Waals surface area contributed by atoms with Crippen molar-refractivity contribution in [2.75, 3.05) is 0 Å². The molecule has 0 bridgehead atoms. The van der Waals surface area contributed by atoms with Crippen molar-refractivity contribution in [1.82, 2.24) is 25.3 Å². The van der Waals surface area contributed by atoms with Crippen LogP contribution in [-0.4, -0.2) is 47.2 Å². The number of aromatic hydroxyl groups is 1. The molecule has 1 aliphatic rings. The van der Waals surface area contributed by atoms with Crippen molar-refractivity contribution in [3.8, 4) is 28.6 Å². The summed E-state index contributed by atoms with van der Waals surface area (Å²) in [4.78, 5) is 10.3. The number of nitrogens with one attached hydrogen (secondary N) is 1. The Kier molecular flexibility index (Phi) is 5.33. The minimum absolute atomic E-state index is 0.0206. The van der Waals surface area contributed by atoms with E-state index in [1.54, 1.807) is 24.3 Å². The summed E-state index contributed by atoms with van der Waals surface area (Å²) in [5, 5.41) is 37.3. The number of ether oxygens (including phenoxy) is 1. The van der Waals surface area contributed by atoms with E-state index in [4.69, 9.17) is 4.74 Å². The van der Waals surface area contributed by atoms with Gasteiger partial charge < -0.3 is 15.2 Å². The number of phenols is 1. The highest BCUT2D eigenvalue weighted by Crippen LogP contribution is 2.32. The standard InChI is InChI=1S/C22H26N6O4/c1-21(2)10-16(11-22(3,4)26-21)32-20-8-7-18(24-25-20)17-6-5-14(9-19(17)29)27-13-15(12-23-27)28(30)31/h5-9,12-13,16,26,29H,10-11H2,1-4H3. The number of phenolic OH excluding ortho intramolecular Hbond substituents is 1. The lowest BCUT2D eigenvalue weighted by Gasteiger charge is -2.46. The zero-order chi connectivity index (χ0) is 23.1. The highest BCUT2D eigenvalue weighted by atomic mass is 16.6. The predicted octanol–water partition coefficient (Wildman–Crippen LogP) is 3.63. The Labute approximate surface area is 185 Å². The average Bonchev–Trinajstić information content (AvgIpc) is 3.17. The molecule has 0 atom stereocenters. The van der Waals surface area contributed by atoms with Crippen LogP contribution in [0, 0.1) is 10.1 Å². The molecule has 1 fully saturated rings. The highest BCUT2D eigenvalue weighted by Gasteiger charge is 2.38. The minimum Gasteiger partial charge on any atom is -0.507 e. The summed E-state index contributed by atoms with van der Waals surface area (Å²) in [5.41, 5.74) is 1.25. The first-order chi connectivity index (χ1) is 15.0. The minimum atomic E-state index is -0.525. The first-order valence-corrected chi connectivity index (χ1v) is 10.3. The molecule has 168 valence electrons. The Balaban J connectivity index is 1.49. The topological polar surface area (TPSA) is 128 Å². The summed E-state index contributed by atoms with van der Waals surface area (Å²) < 4.78 is 7.43. The summed E-state index contributed by atoms with van der Waals surface area (Å²) in [6, 6.07) is 8.32. The van der Waals surface area contributed by atoms with Crippen LogP contribution in [0.15, 0.2) is 42.7 Å². The molecule has 0 saturated carbocycles. The third kappa shape index (κ3) is 4.70. The van der Waals surface area contributed by atoms with Gasteiger partial charge in [0.25, 0.3) is 0 Å². The second-order valence-electron chi connectivity index (χ2n) is 9.40. The molecule has 32 heavy (non-hydrogen) atoms. The second kappa shape index (κ2) is 7.86. The fourth-order valence-electron chi connectivity index (χ4n) is 4.44. The van der Waals surface area contributed by atoms with Crippen LogP contribution >= 0.6 is 0 Å². The molecule has 2 N–H and O–H groups in total. The normalized spacial score (nSPS) is 17.8. The summed E-state index contributed by atoms with van der Waals surface area (Å²) in [6.45, 7) is 8.64. The van der Waals surface area contributed by atoms with Gasteiger partial charge in [0.2, 0.25) is 5.88 Å². The highest BCUT2D eigenvalue weighted by molar-refractivity contribution is 5.68. The molecule has 0 amide bonds. The number of hydrogen-bond acceptors (Lipinski definition) is 8. The maximum absolute atomic E-state index is 10.8. The van der Waals surface area contributed by atoms with Crippen molar-refractivity contribution >= 4 is 5.69 Å². The van der Waals surface area contributed by atoms with Gasteiger partial charge in [0, 0.05) is 41.6 Å². The lowest BCUT2D eigenvalue weighted by Crippen LogP contribution is -2.60. The lowest BCUT2D eigenvalue weighted by molar-refractivity contribution is -0.384. The molecule has 1 aromatic carbocycles. The van der Waals surface area contributed by atoms with Crippen molar-refractivity contribution in [1.29, 1.82) is 0 Å². The zero-order valence-corrected chi connectivity index (χ0v) is 18.4. The Morgan fingerprint density at radius 1 is 1.16 bits per heavy atom. The predicted molar refractivity (Wildman–Crippen MR) is 118 cm³/mol. The molecule has 0 aliphatic carbocycles. The molecule has 3 heterocycles. The molecule has 0 radical (unpaired) electrons. The Morgan fingerprint density at radius 2 is 1.88 bits per heavy atom. The lowest BCUT2D eigenvalue weighted by atomic mass is 9.81. The molecule has 2 aromatic heterocycles. The largest absolute Gasteiger partial charge is 0.507 e. The van der Waals surface area contributed by atoms with Crippen molar-refractivity contribution in [2.45, 2.75) is 57.7 Å². The number of aromatic nitrogens is 4. The molecule has 10 heteroatoms. The summed E-state index contributed by atoms with van der Waals surface area (Å²) in [7, 11) is 0. The fraction of sp³-hybridized carbons (Fsp3) is 0.409. The SMILES string of the molecule is CC1(C)CC(Oc2ccc(-c3ccc(-n4cc([N+](=O)[O-])cn4)cc3O)nn2)CC(C)(C)N1. The molecule has 1 saturated heterocycles. The number of rotatable bonds is 5. The van der Waals surface area contributed by atoms with Crippen LogP contribution in [0.2, 0.25) is 0 Å². The van der Waals surface area contributed by atoms with Gasteiger partial charge in [-0.25, -0.2) is 4.68 Å². The van der Waals surface area contributed by atoms with Gasteiger partial charge in [-0.05, 0) is 45.9 Å². The average molecular weight is 438 g/mol. The van der Waals surface area contributed by atoms with Gasteiger partial charge in [0.1, 0.15) is 24.2 Å². The van der Waals surface area contributed by atoms with E-state index < -0.39 is 4.92 Å². The van der Waals surface area contributed by atoms with E-state index in [9.17, 15) is 15.2 Å². The van der Waals surface area contributed by atoms with Gasteiger partial charge in [-0.2, -0.15) is 5.10 Å². The van der Waals surface area contributed by atoms with Gasteiger partial charge in [0.15, 0.2) is 0 Å². The third-order valence-corrected chi connectivity index (χ3v) is 5.38. The van der Waals surface area contributed by atoms with Gasteiger partial charge in [-0.3, -0.25) is 10.1 Å². The molecule has 3 aromatic rings. The Bertz CT molecular complexity index is 1120. The van der Waals surface area contributed by atoms with Gasteiger partial charge in [-0.1, -0.05) is 0 Å². The van der Waals surface area contributed by atoms with Crippen LogP contribution in [0.1, 0.15) is 40.5 Å². The van der Waals surface area contributed by atoms with Crippen molar-refractivity contribution in [2.24, 2.45) is 0 Å². The van der Waals surface area contributed by atoms with E-state index in [1.807, 2.05) is 0 Å². The quantitative estimate of drug-likeness (QED) is 0.456. The van der Waals surface area contributed by atoms with Crippen molar-refractivity contribution in [3.63, 3.8) is 0 Å². The van der Waals surface area contributed by atoms with Crippen LogP contribution in [0.5, 0.6) is 11.6 Å². The molecule has 0 unspecified atom stereocenters.